The van der Waals surface area contributed by atoms with Crippen LogP contribution in [0.15, 0.2) is 71.7 Å². The third-order valence-corrected chi connectivity index (χ3v) is 5.71. The molecule has 0 aliphatic rings. The van der Waals surface area contributed by atoms with E-state index in [-0.39, 0.29) is 22.8 Å². The van der Waals surface area contributed by atoms with E-state index in [4.69, 9.17) is 0 Å². The van der Waals surface area contributed by atoms with Crippen molar-refractivity contribution < 1.29 is 9.59 Å². The number of carbonyl (C=O) groups excluding carboxylic acids is 2. The van der Waals surface area contributed by atoms with Gasteiger partial charge in [0, 0.05) is 25.0 Å². The van der Waals surface area contributed by atoms with Gasteiger partial charge in [0.1, 0.15) is 6.04 Å². The average molecular weight is 446 g/mol. The van der Waals surface area contributed by atoms with E-state index in [9.17, 15) is 14.4 Å². The minimum atomic E-state index is -0.849. The Morgan fingerprint density at radius 3 is 2.12 bits per heavy atom. The Hall–Kier alpha value is -3.67. The second-order valence-corrected chi connectivity index (χ2v) is 9.17. The molecule has 0 aliphatic carbocycles. The van der Waals surface area contributed by atoms with E-state index in [2.05, 4.69) is 38.0 Å². The third-order valence-electron chi connectivity index (χ3n) is 5.71. The summed E-state index contributed by atoms with van der Waals surface area (Å²) in [7, 11) is 1.59. The van der Waals surface area contributed by atoms with Crippen molar-refractivity contribution in [3.8, 4) is 0 Å². The molecule has 0 bridgehead atoms. The summed E-state index contributed by atoms with van der Waals surface area (Å²) in [6, 6.07) is 17.3. The fourth-order valence-electron chi connectivity index (χ4n) is 3.62. The number of aryl methyl sites for hydroxylation is 1. The van der Waals surface area contributed by atoms with Gasteiger partial charge in [-0.15, -0.1) is 0 Å². The summed E-state index contributed by atoms with van der Waals surface area (Å²) in [4.78, 5) is 41.8. The van der Waals surface area contributed by atoms with E-state index < -0.39 is 6.04 Å². The molecule has 172 valence electrons. The lowest BCUT2D eigenvalue weighted by Gasteiger charge is -2.28. The molecule has 2 aromatic carbocycles. The molecule has 2 amide bonds. The number of aromatic amines is 1. The Balaban J connectivity index is 1.91. The molecule has 1 unspecified atom stereocenters. The number of carbonyl (C=O) groups is 2. The lowest BCUT2D eigenvalue weighted by Crippen LogP contribution is -2.39. The second-order valence-electron chi connectivity index (χ2n) is 9.17. The molecule has 0 radical (unpaired) electrons. The SMILES string of the molecule is CCc1ccc(C(C(=O)Nc2ccc(C(C)(C)C)cc2)N(C)C(=O)c2ccc(=O)[nH]c2)cc1. The normalized spacial score (nSPS) is 12.2. The fourth-order valence-corrected chi connectivity index (χ4v) is 3.62. The minimum Gasteiger partial charge on any atom is -0.328 e. The van der Waals surface area contributed by atoms with Gasteiger partial charge < -0.3 is 15.2 Å². The van der Waals surface area contributed by atoms with Crippen molar-refractivity contribution >= 4 is 17.5 Å². The van der Waals surface area contributed by atoms with E-state index in [0.717, 1.165) is 17.5 Å². The predicted octanol–water partition coefficient (Wildman–Crippen LogP) is 4.69. The van der Waals surface area contributed by atoms with Gasteiger partial charge in [0.2, 0.25) is 5.56 Å². The van der Waals surface area contributed by atoms with Gasteiger partial charge in [-0.2, -0.15) is 0 Å². The first-order chi connectivity index (χ1) is 15.6. The maximum absolute atomic E-state index is 13.4. The molecule has 3 rings (SSSR count). The molecule has 1 heterocycles. The first-order valence-corrected chi connectivity index (χ1v) is 11.1. The summed E-state index contributed by atoms with van der Waals surface area (Å²) in [5.74, 6) is -0.683. The molecule has 2 N–H and O–H groups in total. The van der Waals surface area contributed by atoms with Gasteiger partial charge in [0.05, 0.1) is 5.56 Å². The molecular formula is C27H31N3O3. The zero-order valence-corrected chi connectivity index (χ0v) is 19.8. The van der Waals surface area contributed by atoms with Gasteiger partial charge in [-0.05, 0) is 46.7 Å². The van der Waals surface area contributed by atoms with Crippen LogP contribution in [0.1, 0.15) is 60.8 Å². The first kappa shape index (κ1) is 24.0. The van der Waals surface area contributed by atoms with Gasteiger partial charge in [0.15, 0.2) is 0 Å². The maximum Gasteiger partial charge on any atom is 0.256 e. The Kier molecular flexibility index (Phi) is 7.16. The van der Waals surface area contributed by atoms with Crippen LogP contribution in [-0.4, -0.2) is 28.7 Å². The van der Waals surface area contributed by atoms with E-state index in [1.54, 1.807) is 7.05 Å². The second kappa shape index (κ2) is 9.86. The van der Waals surface area contributed by atoms with Crippen LogP contribution in [-0.2, 0) is 16.6 Å². The number of rotatable bonds is 6. The van der Waals surface area contributed by atoms with Crippen LogP contribution in [0.5, 0.6) is 0 Å². The largest absolute Gasteiger partial charge is 0.328 e. The number of benzene rings is 2. The summed E-state index contributed by atoms with van der Waals surface area (Å²) in [6.07, 6.45) is 2.24. The van der Waals surface area contributed by atoms with Gasteiger partial charge >= 0.3 is 0 Å². The quantitative estimate of drug-likeness (QED) is 0.578. The number of amides is 2. The highest BCUT2D eigenvalue weighted by atomic mass is 16.2. The van der Waals surface area contributed by atoms with Crippen molar-refractivity contribution in [2.45, 2.75) is 45.6 Å². The van der Waals surface area contributed by atoms with Crippen molar-refractivity contribution in [2.24, 2.45) is 0 Å². The molecule has 33 heavy (non-hydrogen) atoms. The standard InChI is InChI=1S/C27H31N3O3/c1-6-18-7-9-19(10-8-18)24(30(5)26(33)20-11-16-23(31)28-17-20)25(32)29-22-14-12-21(13-15-22)27(2,3)4/h7-17,24H,6H2,1-5H3,(H,28,31)(H,29,32). The van der Waals surface area contributed by atoms with Crippen molar-refractivity contribution in [3.63, 3.8) is 0 Å². The summed E-state index contributed by atoms with van der Waals surface area (Å²) in [5.41, 5.74) is 3.69. The van der Waals surface area contributed by atoms with Crippen molar-refractivity contribution in [1.29, 1.82) is 0 Å². The zero-order chi connectivity index (χ0) is 24.2. The Bertz CT molecular complexity index is 1150. The van der Waals surface area contributed by atoms with Crippen LogP contribution >= 0.6 is 0 Å². The highest BCUT2D eigenvalue weighted by Gasteiger charge is 2.29. The molecule has 6 nitrogen and oxygen atoms in total. The van der Waals surface area contributed by atoms with E-state index in [1.165, 1.54) is 23.2 Å². The number of aromatic nitrogens is 1. The number of nitrogens with zero attached hydrogens (tertiary/aromatic N) is 1. The summed E-state index contributed by atoms with van der Waals surface area (Å²) in [5, 5.41) is 2.95. The molecule has 6 heteroatoms. The van der Waals surface area contributed by atoms with Crippen LogP contribution in [0.4, 0.5) is 5.69 Å². The molecule has 1 atom stereocenters. The number of likely N-dealkylation sites (N-methyl/N-ethyl adjacent to an activating group) is 1. The van der Waals surface area contributed by atoms with Crippen molar-refractivity contribution in [1.82, 2.24) is 9.88 Å². The Labute approximate surface area is 194 Å². The Morgan fingerprint density at radius 2 is 1.61 bits per heavy atom. The maximum atomic E-state index is 13.4. The van der Waals surface area contributed by atoms with Crippen LogP contribution in [0, 0.1) is 0 Å². The number of nitrogens with one attached hydrogen (secondary N) is 2. The molecule has 3 aromatic rings. The number of anilines is 1. The van der Waals surface area contributed by atoms with E-state index >= 15 is 0 Å². The monoisotopic (exact) mass is 445 g/mol. The summed E-state index contributed by atoms with van der Waals surface area (Å²) < 4.78 is 0. The van der Waals surface area contributed by atoms with Gasteiger partial charge in [-0.3, -0.25) is 14.4 Å². The van der Waals surface area contributed by atoms with E-state index in [0.29, 0.717) is 16.8 Å². The van der Waals surface area contributed by atoms with Gasteiger partial charge in [-0.25, -0.2) is 0 Å². The number of hydrogen-bond donors (Lipinski definition) is 2. The van der Waals surface area contributed by atoms with Crippen LogP contribution < -0.4 is 10.9 Å². The lowest BCUT2D eigenvalue weighted by molar-refractivity contribution is -0.120. The minimum absolute atomic E-state index is 0.00932. The molecule has 0 saturated carbocycles. The predicted molar refractivity (Wildman–Crippen MR) is 131 cm³/mol. The van der Waals surface area contributed by atoms with Crippen LogP contribution in [0.2, 0.25) is 0 Å². The van der Waals surface area contributed by atoms with Gasteiger partial charge in [0.25, 0.3) is 11.8 Å². The van der Waals surface area contributed by atoms with Crippen molar-refractivity contribution in [3.05, 3.63) is 99.5 Å². The molecule has 0 saturated heterocycles. The summed E-state index contributed by atoms with van der Waals surface area (Å²) in [6.45, 7) is 8.46. The average Bonchev–Trinajstić information content (AvgIpc) is 2.79. The zero-order valence-electron chi connectivity index (χ0n) is 19.8. The lowest BCUT2D eigenvalue weighted by atomic mass is 9.87. The topological polar surface area (TPSA) is 82.3 Å². The van der Waals surface area contributed by atoms with Crippen molar-refractivity contribution in [2.75, 3.05) is 12.4 Å². The fraction of sp³-hybridized carbons (Fsp3) is 0.296. The highest BCUT2D eigenvalue weighted by molar-refractivity contribution is 6.01. The molecule has 0 aliphatic heterocycles. The first-order valence-electron chi connectivity index (χ1n) is 11.1. The Morgan fingerprint density at radius 1 is 0.970 bits per heavy atom. The smallest absolute Gasteiger partial charge is 0.256 e. The molecular weight excluding hydrogens is 414 g/mol. The number of H-pyrrole nitrogens is 1. The molecule has 0 fully saturated rings. The number of hydrogen-bond acceptors (Lipinski definition) is 3. The van der Waals surface area contributed by atoms with Crippen LogP contribution in [0.3, 0.4) is 0 Å². The molecule has 1 aromatic heterocycles. The van der Waals surface area contributed by atoms with E-state index in [1.807, 2.05) is 48.5 Å². The number of pyridine rings is 1. The van der Waals surface area contributed by atoms with Crippen LogP contribution in [0.25, 0.3) is 0 Å². The highest BCUT2D eigenvalue weighted by Crippen LogP contribution is 2.26. The summed E-state index contributed by atoms with van der Waals surface area (Å²) >= 11 is 0. The molecule has 0 spiro atoms. The van der Waals surface area contributed by atoms with Gasteiger partial charge in [-0.1, -0.05) is 64.1 Å². The third kappa shape index (κ3) is 5.77.